The summed E-state index contributed by atoms with van der Waals surface area (Å²) >= 11 is 6.28. The predicted molar refractivity (Wildman–Crippen MR) is 68.7 cm³/mol. The molecule has 3 aliphatic carbocycles. The summed E-state index contributed by atoms with van der Waals surface area (Å²) in [5, 5.41) is 10.2. The summed E-state index contributed by atoms with van der Waals surface area (Å²) in [5.74, 6) is 1.30. The maximum absolute atomic E-state index is 9.41. The van der Waals surface area contributed by atoms with E-state index in [-0.39, 0.29) is 11.8 Å². The fourth-order valence-electron chi connectivity index (χ4n) is 3.34. The molecule has 2 heteroatoms. The highest BCUT2D eigenvalue weighted by atomic mass is 35.5. The quantitative estimate of drug-likeness (QED) is 0.680. The first-order chi connectivity index (χ1) is 8.31. The van der Waals surface area contributed by atoms with Crippen molar-refractivity contribution in [1.82, 2.24) is 0 Å². The Morgan fingerprint density at radius 3 is 2.47 bits per heavy atom. The number of allylic oxidation sites excluding steroid dienone is 2. The zero-order valence-corrected chi connectivity index (χ0v) is 10.3. The lowest BCUT2D eigenvalue weighted by Gasteiger charge is -2.42. The molecule has 3 aliphatic rings. The number of halogens is 1. The number of benzene rings is 1. The van der Waals surface area contributed by atoms with Gasteiger partial charge in [-0.25, -0.2) is 0 Å². The molecule has 0 radical (unpaired) electrons. The van der Waals surface area contributed by atoms with Crippen molar-refractivity contribution in [1.29, 1.82) is 5.26 Å². The highest BCUT2D eigenvalue weighted by Crippen LogP contribution is 2.50. The third-order valence-electron chi connectivity index (χ3n) is 4.16. The Hall–Kier alpha value is -1.26. The third-order valence-corrected chi connectivity index (χ3v) is 4.51. The van der Waals surface area contributed by atoms with Crippen molar-refractivity contribution in [2.24, 2.45) is 17.8 Å². The van der Waals surface area contributed by atoms with E-state index in [2.05, 4.69) is 24.3 Å². The molecule has 1 aromatic carbocycles. The molecule has 0 spiro atoms. The van der Waals surface area contributed by atoms with Gasteiger partial charge in [-0.05, 0) is 36.3 Å². The van der Waals surface area contributed by atoms with Crippen LogP contribution in [0.2, 0.25) is 5.02 Å². The Kier molecular flexibility index (Phi) is 2.68. The topological polar surface area (TPSA) is 23.8 Å². The lowest BCUT2D eigenvalue weighted by atomic mass is 9.61. The van der Waals surface area contributed by atoms with E-state index in [4.69, 9.17) is 11.6 Å². The summed E-state index contributed by atoms with van der Waals surface area (Å²) in [6, 6.07) is 10.5. The van der Waals surface area contributed by atoms with E-state index < -0.39 is 0 Å². The van der Waals surface area contributed by atoms with Gasteiger partial charge < -0.3 is 0 Å². The molecule has 1 saturated carbocycles. The minimum Gasteiger partial charge on any atom is -0.198 e. The normalized spacial score (nSPS) is 34.6. The second kappa shape index (κ2) is 4.20. The predicted octanol–water partition coefficient (Wildman–Crippen LogP) is 4.16. The van der Waals surface area contributed by atoms with Crippen LogP contribution in [0.15, 0.2) is 36.4 Å². The standard InChI is InChI=1S/C15H14ClN/c16-14-4-2-1-3-12(14)15-11-7-5-10(6-8-11)13(15)9-17/h1-5,7,10-11,13,15H,6,8H2/t10-,11+,13?,15?/m1/s1. The van der Waals surface area contributed by atoms with E-state index in [1.807, 2.05) is 18.2 Å². The lowest BCUT2D eigenvalue weighted by molar-refractivity contribution is 0.225. The molecule has 17 heavy (non-hydrogen) atoms. The molecule has 0 heterocycles. The molecule has 4 rings (SSSR count). The maximum atomic E-state index is 9.41. The van der Waals surface area contributed by atoms with Gasteiger partial charge in [0, 0.05) is 10.9 Å². The van der Waals surface area contributed by atoms with Crippen molar-refractivity contribution in [2.75, 3.05) is 0 Å². The summed E-state index contributed by atoms with van der Waals surface area (Å²) in [4.78, 5) is 0. The lowest BCUT2D eigenvalue weighted by Crippen LogP contribution is -2.34. The molecule has 4 atom stereocenters. The minimum absolute atomic E-state index is 0.0960. The van der Waals surface area contributed by atoms with Crippen molar-refractivity contribution in [3.63, 3.8) is 0 Å². The van der Waals surface area contributed by atoms with Crippen LogP contribution in [0.25, 0.3) is 0 Å². The van der Waals surface area contributed by atoms with Gasteiger partial charge >= 0.3 is 0 Å². The summed E-state index contributed by atoms with van der Waals surface area (Å²) < 4.78 is 0. The van der Waals surface area contributed by atoms with E-state index >= 15 is 0 Å². The van der Waals surface area contributed by atoms with E-state index in [0.29, 0.717) is 11.8 Å². The largest absolute Gasteiger partial charge is 0.198 e. The fraction of sp³-hybridized carbons (Fsp3) is 0.400. The van der Waals surface area contributed by atoms with Gasteiger partial charge in [0.2, 0.25) is 0 Å². The number of rotatable bonds is 1. The molecule has 1 fully saturated rings. The maximum Gasteiger partial charge on any atom is 0.0668 e. The number of fused-ring (bicyclic) bond motifs is 2. The first-order valence-corrected chi connectivity index (χ1v) is 6.51. The molecule has 0 amide bonds. The Balaban J connectivity index is 2.06. The van der Waals surface area contributed by atoms with E-state index in [1.165, 1.54) is 6.42 Å². The molecule has 86 valence electrons. The van der Waals surface area contributed by atoms with Crippen LogP contribution in [0.1, 0.15) is 24.3 Å². The average molecular weight is 244 g/mol. The fourth-order valence-corrected chi connectivity index (χ4v) is 3.60. The average Bonchev–Trinajstić information content (AvgIpc) is 2.39. The van der Waals surface area contributed by atoms with E-state index in [9.17, 15) is 5.26 Å². The van der Waals surface area contributed by atoms with Gasteiger partial charge in [0.05, 0.1) is 12.0 Å². The number of hydrogen-bond donors (Lipinski definition) is 0. The monoisotopic (exact) mass is 243 g/mol. The smallest absolute Gasteiger partial charge is 0.0668 e. The van der Waals surface area contributed by atoms with E-state index in [0.717, 1.165) is 17.0 Å². The van der Waals surface area contributed by atoms with Gasteiger partial charge in [-0.2, -0.15) is 5.26 Å². The third kappa shape index (κ3) is 1.68. The van der Waals surface area contributed by atoms with E-state index in [1.54, 1.807) is 0 Å². The van der Waals surface area contributed by atoms with Crippen LogP contribution < -0.4 is 0 Å². The van der Waals surface area contributed by atoms with Gasteiger partial charge in [-0.3, -0.25) is 0 Å². The number of nitriles is 1. The molecular formula is C15H14ClN. The second-order valence-electron chi connectivity index (χ2n) is 4.99. The molecule has 1 nitrogen and oxygen atoms in total. The number of nitrogens with zero attached hydrogens (tertiary/aromatic N) is 1. The molecule has 2 bridgehead atoms. The Morgan fingerprint density at radius 2 is 1.82 bits per heavy atom. The van der Waals surface area contributed by atoms with Crippen LogP contribution in [-0.2, 0) is 0 Å². The first-order valence-electron chi connectivity index (χ1n) is 6.13. The van der Waals surface area contributed by atoms with Crippen molar-refractivity contribution in [2.45, 2.75) is 18.8 Å². The second-order valence-corrected chi connectivity index (χ2v) is 5.40. The summed E-state index contributed by atoms with van der Waals surface area (Å²) in [5.41, 5.74) is 1.15. The zero-order valence-electron chi connectivity index (χ0n) is 9.51. The highest BCUT2D eigenvalue weighted by Gasteiger charge is 2.42. The Morgan fingerprint density at radius 1 is 1.12 bits per heavy atom. The van der Waals surface area contributed by atoms with Crippen molar-refractivity contribution in [3.05, 3.63) is 47.0 Å². The molecule has 0 saturated heterocycles. The highest BCUT2D eigenvalue weighted by molar-refractivity contribution is 6.31. The van der Waals surface area contributed by atoms with Crippen molar-refractivity contribution >= 4 is 11.6 Å². The first kappa shape index (κ1) is 10.9. The molecular weight excluding hydrogens is 230 g/mol. The molecule has 1 aromatic rings. The molecule has 0 aromatic heterocycles. The summed E-state index contributed by atoms with van der Waals surface area (Å²) in [6.07, 6.45) is 6.86. The van der Waals surface area contributed by atoms with Crippen LogP contribution in [0.4, 0.5) is 0 Å². The SMILES string of the molecule is N#CC1C(c2ccccc2Cl)[C@H]2C=C[C@@H]1CC2. The van der Waals surface area contributed by atoms with Gasteiger partial charge in [0.25, 0.3) is 0 Å². The summed E-state index contributed by atoms with van der Waals surface area (Å²) in [6.45, 7) is 0. The van der Waals surface area contributed by atoms with Gasteiger partial charge in [0.1, 0.15) is 0 Å². The van der Waals surface area contributed by atoms with Crippen LogP contribution in [0, 0.1) is 29.1 Å². The Bertz CT molecular complexity index is 500. The molecule has 0 N–H and O–H groups in total. The van der Waals surface area contributed by atoms with Crippen molar-refractivity contribution < 1.29 is 0 Å². The number of hydrogen-bond acceptors (Lipinski definition) is 1. The van der Waals surface area contributed by atoms with Crippen LogP contribution >= 0.6 is 11.6 Å². The van der Waals surface area contributed by atoms with Crippen molar-refractivity contribution in [3.8, 4) is 6.07 Å². The van der Waals surface area contributed by atoms with Crippen LogP contribution in [0.3, 0.4) is 0 Å². The molecule has 2 unspecified atom stereocenters. The molecule has 0 aliphatic heterocycles. The minimum atomic E-state index is 0.0960. The van der Waals surface area contributed by atoms with Gasteiger partial charge in [0.15, 0.2) is 0 Å². The van der Waals surface area contributed by atoms with Crippen LogP contribution in [-0.4, -0.2) is 0 Å². The van der Waals surface area contributed by atoms with Gasteiger partial charge in [-0.15, -0.1) is 0 Å². The zero-order chi connectivity index (χ0) is 11.8. The summed E-state index contributed by atoms with van der Waals surface area (Å²) in [7, 11) is 0. The van der Waals surface area contributed by atoms with Gasteiger partial charge in [-0.1, -0.05) is 42.0 Å². The Labute approximate surface area is 107 Å². The van der Waals surface area contributed by atoms with Crippen LogP contribution in [0.5, 0.6) is 0 Å².